The fraction of sp³-hybridized carbons (Fsp3) is 0.500. The van der Waals surface area contributed by atoms with E-state index in [4.69, 9.17) is 11.6 Å². The van der Waals surface area contributed by atoms with Gasteiger partial charge in [-0.3, -0.25) is 0 Å². The summed E-state index contributed by atoms with van der Waals surface area (Å²) >= 11 is 6.06. The molecular formula is C8H9ClN2. The summed E-state index contributed by atoms with van der Waals surface area (Å²) in [6.45, 7) is 0. The molecule has 1 aliphatic carbocycles. The molecule has 0 bridgehead atoms. The van der Waals surface area contributed by atoms with Gasteiger partial charge in [0, 0.05) is 6.20 Å². The number of aromatic nitrogens is 2. The first kappa shape index (κ1) is 7.04. The van der Waals surface area contributed by atoms with Crippen LogP contribution in [0.4, 0.5) is 0 Å². The van der Waals surface area contributed by atoms with E-state index >= 15 is 0 Å². The van der Waals surface area contributed by atoms with E-state index in [-0.39, 0.29) is 5.38 Å². The summed E-state index contributed by atoms with van der Waals surface area (Å²) in [6, 6.07) is 0. The molecule has 0 fully saturated rings. The molecule has 0 spiro atoms. The van der Waals surface area contributed by atoms with Crippen molar-refractivity contribution in [2.45, 2.75) is 24.6 Å². The Kier molecular flexibility index (Phi) is 1.78. The van der Waals surface area contributed by atoms with Crippen LogP contribution in [0.15, 0.2) is 12.5 Å². The lowest BCUT2D eigenvalue weighted by atomic mass is 9.97. The topological polar surface area (TPSA) is 25.8 Å². The molecule has 0 amide bonds. The average Bonchev–Trinajstić information content (AvgIpc) is 2.06. The SMILES string of the molecule is ClC1CCCc2cncnc21. The molecule has 1 heterocycles. The maximum Gasteiger partial charge on any atom is 0.115 e. The van der Waals surface area contributed by atoms with E-state index < -0.39 is 0 Å². The van der Waals surface area contributed by atoms with Crippen LogP contribution >= 0.6 is 11.6 Å². The van der Waals surface area contributed by atoms with Crippen molar-refractivity contribution in [3.63, 3.8) is 0 Å². The van der Waals surface area contributed by atoms with Gasteiger partial charge in [-0.25, -0.2) is 9.97 Å². The molecule has 0 saturated carbocycles. The van der Waals surface area contributed by atoms with Gasteiger partial charge < -0.3 is 0 Å². The number of alkyl halides is 1. The van der Waals surface area contributed by atoms with Gasteiger partial charge in [0.2, 0.25) is 0 Å². The lowest BCUT2D eigenvalue weighted by Gasteiger charge is -2.17. The molecule has 0 radical (unpaired) electrons. The third-order valence-corrected chi connectivity index (χ3v) is 2.45. The van der Waals surface area contributed by atoms with Crippen LogP contribution in [0.25, 0.3) is 0 Å². The van der Waals surface area contributed by atoms with Crippen molar-refractivity contribution in [3.05, 3.63) is 23.8 Å². The van der Waals surface area contributed by atoms with Crippen molar-refractivity contribution >= 4 is 11.6 Å². The van der Waals surface area contributed by atoms with Gasteiger partial charge in [0.25, 0.3) is 0 Å². The van der Waals surface area contributed by atoms with Crippen LogP contribution in [-0.4, -0.2) is 9.97 Å². The largest absolute Gasteiger partial charge is 0.245 e. The number of fused-ring (bicyclic) bond motifs is 1. The van der Waals surface area contributed by atoms with Crippen LogP contribution in [0.2, 0.25) is 0 Å². The first-order chi connectivity index (χ1) is 5.38. The molecule has 3 heteroatoms. The number of halogens is 1. The molecule has 1 atom stereocenters. The summed E-state index contributed by atoms with van der Waals surface area (Å²) in [5, 5.41) is 0.113. The summed E-state index contributed by atoms with van der Waals surface area (Å²) in [5.41, 5.74) is 2.26. The van der Waals surface area contributed by atoms with Gasteiger partial charge in [0.05, 0.1) is 11.1 Å². The fourth-order valence-corrected chi connectivity index (χ4v) is 1.80. The third kappa shape index (κ3) is 1.23. The van der Waals surface area contributed by atoms with Crippen molar-refractivity contribution < 1.29 is 0 Å². The summed E-state index contributed by atoms with van der Waals surface area (Å²) in [7, 11) is 0. The second kappa shape index (κ2) is 2.78. The lowest BCUT2D eigenvalue weighted by molar-refractivity contribution is 0.644. The predicted molar refractivity (Wildman–Crippen MR) is 43.6 cm³/mol. The molecule has 0 saturated heterocycles. The Morgan fingerprint density at radius 1 is 1.55 bits per heavy atom. The van der Waals surface area contributed by atoms with Crippen LogP contribution in [0, 0.1) is 0 Å². The molecular weight excluding hydrogens is 160 g/mol. The van der Waals surface area contributed by atoms with Crippen molar-refractivity contribution in [2.24, 2.45) is 0 Å². The van der Waals surface area contributed by atoms with Gasteiger partial charge in [-0.2, -0.15) is 0 Å². The molecule has 2 rings (SSSR count). The second-order valence-corrected chi connectivity index (χ2v) is 3.32. The van der Waals surface area contributed by atoms with Gasteiger partial charge in [-0.15, -0.1) is 11.6 Å². The molecule has 2 nitrogen and oxygen atoms in total. The summed E-state index contributed by atoms with van der Waals surface area (Å²) in [6.07, 6.45) is 6.73. The van der Waals surface area contributed by atoms with Gasteiger partial charge >= 0.3 is 0 Å². The number of nitrogens with zero attached hydrogens (tertiary/aromatic N) is 2. The van der Waals surface area contributed by atoms with Gasteiger partial charge in [-0.05, 0) is 24.8 Å². The summed E-state index contributed by atoms with van der Waals surface area (Å²) in [5.74, 6) is 0. The van der Waals surface area contributed by atoms with E-state index in [1.807, 2.05) is 6.20 Å². The maximum atomic E-state index is 6.06. The highest BCUT2D eigenvalue weighted by Crippen LogP contribution is 2.31. The minimum atomic E-state index is 0.113. The Bertz CT molecular complexity index is 262. The van der Waals surface area contributed by atoms with E-state index in [2.05, 4.69) is 9.97 Å². The van der Waals surface area contributed by atoms with E-state index in [9.17, 15) is 0 Å². The third-order valence-electron chi connectivity index (χ3n) is 2.02. The number of hydrogen-bond acceptors (Lipinski definition) is 2. The number of rotatable bonds is 0. The maximum absolute atomic E-state index is 6.06. The molecule has 0 N–H and O–H groups in total. The first-order valence-electron chi connectivity index (χ1n) is 3.81. The zero-order valence-corrected chi connectivity index (χ0v) is 6.88. The Morgan fingerprint density at radius 2 is 2.45 bits per heavy atom. The Morgan fingerprint density at radius 3 is 3.27 bits per heavy atom. The Hall–Kier alpha value is -0.630. The molecule has 1 aromatic heterocycles. The van der Waals surface area contributed by atoms with E-state index in [0.29, 0.717) is 0 Å². The molecule has 1 aliphatic rings. The lowest BCUT2D eigenvalue weighted by Crippen LogP contribution is -2.07. The van der Waals surface area contributed by atoms with Crippen LogP contribution in [0.3, 0.4) is 0 Å². The predicted octanol–water partition coefficient (Wildman–Crippen LogP) is 2.09. The van der Waals surface area contributed by atoms with Crippen LogP contribution in [-0.2, 0) is 6.42 Å². The minimum absolute atomic E-state index is 0.113. The Balaban J connectivity index is 2.44. The van der Waals surface area contributed by atoms with Gasteiger partial charge in [-0.1, -0.05) is 0 Å². The zero-order chi connectivity index (χ0) is 7.68. The van der Waals surface area contributed by atoms with Crippen LogP contribution in [0.5, 0.6) is 0 Å². The number of hydrogen-bond donors (Lipinski definition) is 0. The smallest absolute Gasteiger partial charge is 0.115 e. The minimum Gasteiger partial charge on any atom is -0.245 e. The molecule has 1 aromatic rings. The standard InChI is InChI=1S/C8H9ClN2/c9-7-3-1-2-6-4-10-5-11-8(6)7/h4-5,7H,1-3H2. The highest BCUT2D eigenvalue weighted by molar-refractivity contribution is 6.20. The van der Waals surface area contributed by atoms with Crippen LogP contribution < -0.4 is 0 Å². The van der Waals surface area contributed by atoms with Gasteiger partial charge in [0.15, 0.2) is 0 Å². The molecule has 0 aromatic carbocycles. The zero-order valence-electron chi connectivity index (χ0n) is 6.13. The average molecular weight is 169 g/mol. The fourth-order valence-electron chi connectivity index (χ4n) is 1.45. The molecule has 0 aliphatic heterocycles. The van der Waals surface area contributed by atoms with Crippen molar-refractivity contribution in [1.29, 1.82) is 0 Å². The first-order valence-corrected chi connectivity index (χ1v) is 4.24. The molecule has 1 unspecified atom stereocenters. The number of aryl methyl sites for hydroxylation is 1. The van der Waals surface area contributed by atoms with Crippen molar-refractivity contribution in [2.75, 3.05) is 0 Å². The van der Waals surface area contributed by atoms with Crippen molar-refractivity contribution in [3.8, 4) is 0 Å². The Labute approximate surface area is 70.6 Å². The summed E-state index contributed by atoms with van der Waals surface area (Å²) < 4.78 is 0. The van der Waals surface area contributed by atoms with Gasteiger partial charge in [0.1, 0.15) is 6.33 Å². The van der Waals surface area contributed by atoms with E-state index in [0.717, 1.165) is 25.0 Å². The molecule has 11 heavy (non-hydrogen) atoms. The normalized spacial score (nSPS) is 22.8. The van der Waals surface area contributed by atoms with Crippen molar-refractivity contribution in [1.82, 2.24) is 9.97 Å². The monoisotopic (exact) mass is 168 g/mol. The second-order valence-electron chi connectivity index (χ2n) is 2.79. The van der Waals surface area contributed by atoms with E-state index in [1.165, 1.54) is 5.56 Å². The van der Waals surface area contributed by atoms with Crippen LogP contribution in [0.1, 0.15) is 29.5 Å². The quantitative estimate of drug-likeness (QED) is 0.555. The highest BCUT2D eigenvalue weighted by atomic mass is 35.5. The molecule has 58 valence electrons. The highest BCUT2D eigenvalue weighted by Gasteiger charge is 2.18. The van der Waals surface area contributed by atoms with E-state index in [1.54, 1.807) is 6.33 Å². The summed E-state index contributed by atoms with van der Waals surface area (Å²) in [4.78, 5) is 8.12.